The van der Waals surface area contributed by atoms with Crippen molar-refractivity contribution in [2.75, 3.05) is 13.2 Å². The van der Waals surface area contributed by atoms with E-state index in [9.17, 15) is 29.5 Å². The van der Waals surface area contributed by atoms with Gasteiger partial charge in [-0.05, 0) is 48.6 Å². The number of ether oxygens (including phenoxy) is 6. The highest BCUT2D eigenvalue weighted by Crippen LogP contribution is 2.45. The van der Waals surface area contributed by atoms with Gasteiger partial charge in [0.25, 0.3) is 0 Å². The second-order valence-corrected chi connectivity index (χ2v) is 10.2. The zero-order valence-corrected chi connectivity index (χ0v) is 25.6. The molecular formula is C32H37NO11. The molecule has 44 heavy (non-hydrogen) atoms. The molecule has 0 radical (unpaired) electrons. The van der Waals surface area contributed by atoms with Crippen molar-refractivity contribution >= 4 is 23.9 Å². The fourth-order valence-corrected chi connectivity index (χ4v) is 5.04. The number of aliphatic hydroxyl groups is 1. The Morgan fingerprint density at radius 2 is 1.48 bits per heavy atom. The summed E-state index contributed by atoms with van der Waals surface area (Å²) in [6, 6.07) is 12.9. The summed E-state index contributed by atoms with van der Waals surface area (Å²) in [5.41, 5.74) is 2.69. The maximum absolute atomic E-state index is 12.4. The predicted octanol–water partition coefficient (Wildman–Crippen LogP) is 3.01. The van der Waals surface area contributed by atoms with E-state index >= 15 is 0 Å². The first-order valence-corrected chi connectivity index (χ1v) is 14.2. The number of carbonyl (C=O) groups excluding carboxylic acids is 4. The third kappa shape index (κ3) is 8.12. The van der Waals surface area contributed by atoms with E-state index in [4.69, 9.17) is 28.4 Å². The van der Waals surface area contributed by atoms with E-state index < -0.39 is 60.7 Å². The van der Waals surface area contributed by atoms with Gasteiger partial charge in [-0.15, -0.1) is 0 Å². The number of nitrogens with zero attached hydrogens (tertiary/aromatic N) is 1. The zero-order valence-electron chi connectivity index (χ0n) is 25.6. The van der Waals surface area contributed by atoms with Gasteiger partial charge in [0.2, 0.25) is 11.9 Å². The number of hydrogen-bond donors (Lipinski definition) is 1. The Bertz CT molecular complexity index is 1410. The van der Waals surface area contributed by atoms with Crippen molar-refractivity contribution in [3.05, 3.63) is 64.2 Å². The molecule has 2 aromatic rings. The highest BCUT2D eigenvalue weighted by molar-refractivity contribution is 5.69. The predicted molar refractivity (Wildman–Crippen MR) is 153 cm³/mol. The minimum atomic E-state index is -2.62. The monoisotopic (exact) mass is 611 g/mol. The third-order valence-corrected chi connectivity index (χ3v) is 6.89. The zero-order chi connectivity index (χ0) is 32.6. The summed E-state index contributed by atoms with van der Waals surface area (Å²) in [7, 11) is 0. The quantitative estimate of drug-likeness (QED) is 0.292. The number of hydrogen-bond acceptors (Lipinski definition) is 12. The average molecular weight is 612 g/mol. The molecule has 1 N–H and O–H groups in total. The van der Waals surface area contributed by atoms with Crippen molar-refractivity contribution in [2.45, 2.75) is 84.6 Å². The number of aryl methyl sites for hydroxylation is 1. The van der Waals surface area contributed by atoms with Crippen molar-refractivity contribution in [1.82, 2.24) is 0 Å². The summed E-state index contributed by atoms with van der Waals surface area (Å²) in [5.74, 6) is -5.83. The number of esters is 4. The van der Waals surface area contributed by atoms with Gasteiger partial charge in [-0.2, -0.15) is 5.26 Å². The summed E-state index contributed by atoms with van der Waals surface area (Å²) in [6.45, 7) is 7.72. The average Bonchev–Trinajstić information content (AvgIpc) is 2.95. The van der Waals surface area contributed by atoms with E-state index in [-0.39, 0.29) is 29.9 Å². The Balaban J connectivity index is 2.28. The Morgan fingerprint density at radius 3 is 2.00 bits per heavy atom. The van der Waals surface area contributed by atoms with E-state index in [1.165, 1.54) is 12.1 Å². The van der Waals surface area contributed by atoms with Crippen LogP contribution in [0.2, 0.25) is 0 Å². The van der Waals surface area contributed by atoms with Crippen LogP contribution >= 0.6 is 0 Å². The maximum Gasteiger partial charge on any atom is 0.303 e. The van der Waals surface area contributed by atoms with E-state index in [0.717, 1.165) is 45.2 Å². The molecule has 12 nitrogen and oxygen atoms in total. The Hall–Kier alpha value is -4.47. The SMILES string of the molecule is CCOc1cc(C#N)c(Cc2ccc(CC)cc2)cc1[C@]1(O)O[C@H](COC(C)=O)[C@@H](OC(C)=O)[C@H](OC(C)=O)[C@H]1OC(C)=O. The highest BCUT2D eigenvalue weighted by Gasteiger charge is 2.61. The summed E-state index contributed by atoms with van der Waals surface area (Å²) >= 11 is 0. The van der Waals surface area contributed by atoms with Gasteiger partial charge in [0, 0.05) is 27.7 Å². The summed E-state index contributed by atoms with van der Waals surface area (Å²) in [5, 5.41) is 22.4. The summed E-state index contributed by atoms with van der Waals surface area (Å²) in [4.78, 5) is 48.5. The fraction of sp³-hybridized carbons (Fsp3) is 0.469. The molecule has 5 atom stereocenters. The molecule has 0 unspecified atom stereocenters. The molecule has 1 saturated heterocycles. The first-order chi connectivity index (χ1) is 20.8. The molecule has 0 saturated carbocycles. The maximum atomic E-state index is 12.4. The lowest BCUT2D eigenvalue weighted by Gasteiger charge is -2.49. The molecule has 12 heteroatoms. The van der Waals surface area contributed by atoms with Crippen LogP contribution in [0, 0.1) is 11.3 Å². The van der Waals surface area contributed by atoms with Gasteiger partial charge < -0.3 is 33.5 Å². The van der Waals surface area contributed by atoms with E-state index in [1.54, 1.807) is 6.92 Å². The molecule has 2 aromatic carbocycles. The van der Waals surface area contributed by atoms with E-state index in [1.807, 2.05) is 31.2 Å². The smallest absolute Gasteiger partial charge is 0.303 e. The first kappa shape index (κ1) is 34.0. The lowest BCUT2D eigenvalue weighted by atomic mass is 9.85. The van der Waals surface area contributed by atoms with Crippen molar-refractivity contribution in [2.24, 2.45) is 0 Å². The van der Waals surface area contributed by atoms with Crippen LogP contribution in [0.4, 0.5) is 0 Å². The molecule has 1 aliphatic rings. The van der Waals surface area contributed by atoms with Gasteiger partial charge in [-0.25, -0.2) is 0 Å². The van der Waals surface area contributed by atoms with Gasteiger partial charge in [0.05, 0.1) is 23.8 Å². The van der Waals surface area contributed by atoms with E-state index in [0.29, 0.717) is 5.56 Å². The second-order valence-electron chi connectivity index (χ2n) is 10.2. The Kier molecular flexibility index (Phi) is 11.5. The van der Waals surface area contributed by atoms with Crippen molar-refractivity contribution in [3.8, 4) is 11.8 Å². The van der Waals surface area contributed by atoms with Crippen LogP contribution in [0.15, 0.2) is 36.4 Å². The third-order valence-electron chi connectivity index (χ3n) is 6.89. The second kappa shape index (κ2) is 14.8. The van der Waals surface area contributed by atoms with Gasteiger partial charge in [0.15, 0.2) is 12.2 Å². The lowest BCUT2D eigenvalue weighted by Crippen LogP contribution is -2.66. The molecule has 1 aliphatic heterocycles. The van der Waals surface area contributed by atoms with Crippen LogP contribution < -0.4 is 4.74 Å². The molecule has 0 aromatic heterocycles. The Morgan fingerprint density at radius 1 is 0.886 bits per heavy atom. The standard InChI is InChI=1S/C32H37NO11/c1-7-22-9-11-23(12-10-22)13-24-14-26(27(39-8-2)15-25(24)16-33)32(38)31(43-21(6)37)30(42-20(5)36)29(41-19(4)35)28(44-32)17-40-18(3)34/h9-12,14-15,28-31,38H,7-8,13,17H2,1-6H3/t28-,29-,30+,31-,32+/m1/s1. The topological polar surface area (TPSA) is 168 Å². The van der Waals surface area contributed by atoms with Crippen LogP contribution in [0.5, 0.6) is 5.75 Å². The normalized spacial score (nSPS) is 22.7. The molecule has 0 spiro atoms. The van der Waals surface area contributed by atoms with Crippen LogP contribution in [-0.4, -0.2) is 66.6 Å². The van der Waals surface area contributed by atoms with Gasteiger partial charge in [-0.1, -0.05) is 31.2 Å². The number of benzene rings is 2. The molecule has 1 fully saturated rings. The fourth-order valence-electron chi connectivity index (χ4n) is 5.04. The first-order valence-electron chi connectivity index (χ1n) is 14.2. The number of nitriles is 1. The number of carbonyl (C=O) groups is 4. The molecule has 236 valence electrons. The largest absolute Gasteiger partial charge is 0.493 e. The molecule has 0 aliphatic carbocycles. The summed E-state index contributed by atoms with van der Waals surface area (Å²) < 4.78 is 33.5. The number of rotatable bonds is 11. The van der Waals surface area contributed by atoms with Crippen LogP contribution in [0.3, 0.4) is 0 Å². The van der Waals surface area contributed by atoms with Crippen molar-refractivity contribution in [1.29, 1.82) is 5.26 Å². The van der Waals surface area contributed by atoms with Crippen molar-refractivity contribution in [3.63, 3.8) is 0 Å². The van der Waals surface area contributed by atoms with Gasteiger partial charge in [0.1, 0.15) is 18.5 Å². The minimum absolute atomic E-state index is 0.0209. The lowest BCUT2D eigenvalue weighted by molar-refractivity contribution is -0.360. The molecule has 0 bridgehead atoms. The van der Waals surface area contributed by atoms with Crippen molar-refractivity contribution < 1.29 is 52.7 Å². The highest BCUT2D eigenvalue weighted by atomic mass is 16.7. The molecular weight excluding hydrogens is 574 g/mol. The van der Waals surface area contributed by atoms with Gasteiger partial charge >= 0.3 is 23.9 Å². The molecule has 3 rings (SSSR count). The van der Waals surface area contributed by atoms with Crippen LogP contribution in [0.1, 0.15) is 69.4 Å². The molecule has 0 amide bonds. The summed E-state index contributed by atoms with van der Waals surface area (Å²) in [6.07, 6.45) is -5.16. The van der Waals surface area contributed by atoms with Crippen LogP contribution in [0.25, 0.3) is 0 Å². The van der Waals surface area contributed by atoms with Crippen LogP contribution in [-0.2, 0) is 61.5 Å². The molecule has 1 heterocycles. The Labute approximate surface area is 255 Å². The van der Waals surface area contributed by atoms with E-state index in [2.05, 4.69) is 6.07 Å². The minimum Gasteiger partial charge on any atom is -0.493 e. The van der Waals surface area contributed by atoms with Gasteiger partial charge in [-0.3, -0.25) is 19.2 Å².